The van der Waals surface area contributed by atoms with Gasteiger partial charge in [0.1, 0.15) is 12.4 Å². The molecule has 0 unspecified atom stereocenters. The van der Waals surface area contributed by atoms with E-state index in [1.54, 1.807) is 29.7 Å². The van der Waals surface area contributed by atoms with Crippen LogP contribution in [0.25, 0.3) is 0 Å². The van der Waals surface area contributed by atoms with Gasteiger partial charge in [-0.1, -0.05) is 0 Å². The number of hydrogen-bond donors (Lipinski definition) is 1. The zero-order valence-electron chi connectivity index (χ0n) is 9.51. The SMILES string of the molecule is Cc1ncc(COc2cc(C(=O)O)ccc2I)s1. The number of carboxylic acid groups (broad SMARTS) is 1. The average molecular weight is 375 g/mol. The van der Waals surface area contributed by atoms with Crippen LogP contribution in [0, 0.1) is 10.5 Å². The van der Waals surface area contributed by atoms with Crippen molar-refractivity contribution in [1.29, 1.82) is 0 Å². The number of aromatic carboxylic acids is 1. The molecule has 0 aliphatic carbocycles. The molecule has 0 saturated heterocycles. The number of ether oxygens (including phenoxy) is 1. The lowest BCUT2D eigenvalue weighted by Gasteiger charge is -2.07. The Labute approximate surface area is 122 Å². The van der Waals surface area contributed by atoms with Gasteiger partial charge >= 0.3 is 5.97 Å². The van der Waals surface area contributed by atoms with Crippen molar-refractivity contribution >= 4 is 39.9 Å². The molecule has 0 spiro atoms. The highest BCUT2D eigenvalue weighted by Crippen LogP contribution is 2.24. The molecule has 18 heavy (non-hydrogen) atoms. The van der Waals surface area contributed by atoms with Crippen molar-refractivity contribution in [1.82, 2.24) is 4.98 Å². The van der Waals surface area contributed by atoms with Gasteiger partial charge in [0, 0.05) is 6.20 Å². The van der Waals surface area contributed by atoms with E-state index >= 15 is 0 Å². The summed E-state index contributed by atoms with van der Waals surface area (Å²) in [6, 6.07) is 4.84. The standard InChI is InChI=1S/C12H10INO3S/c1-7-14-5-9(18-7)6-17-11-4-8(12(15)16)2-3-10(11)13/h2-5H,6H2,1H3,(H,15,16). The van der Waals surface area contributed by atoms with Crippen molar-refractivity contribution in [2.24, 2.45) is 0 Å². The molecular formula is C12H10INO3S. The predicted molar refractivity (Wildman–Crippen MR) is 77.3 cm³/mol. The second-order valence-corrected chi connectivity index (χ2v) is 6.07. The Kier molecular flexibility index (Phi) is 4.18. The van der Waals surface area contributed by atoms with Gasteiger partial charge in [-0.05, 0) is 47.7 Å². The van der Waals surface area contributed by atoms with Crippen LogP contribution in [0.3, 0.4) is 0 Å². The van der Waals surface area contributed by atoms with Gasteiger partial charge in [-0.3, -0.25) is 0 Å². The lowest BCUT2D eigenvalue weighted by Crippen LogP contribution is -2.00. The number of carbonyl (C=O) groups is 1. The maximum atomic E-state index is 10.9. The topological polar surface area (TPSA) is 59.4 Å². The van der Waals surface area contributed by atoms with E-state index in [1.165, 1.54) is 6.07 Å². The number of thiazole rings is 1. The summed E-state index contributed by atoms with van der Waals surface area (Å²) in [5.41, 5.74) is 0.228. The number of aryl methyl sites for hydroxylation is 1. The van der Waals surface area contributed by atoms with Gasteiger partial charge in [0.25, 0.3) is 0 Å². The minimum Gasteiger partial charge on any atom is -0.487 e. The summed E-state index contributed by atoms with van der Waals surface area (Å²) in [4.78, 5) is 16.0. The highest BCUT2D eigenvalue weighted by molar-refractivity contribution is 14.1. The van der Waals surface area contributed by atoms with Crippen LogP contribution in [0.4, 0.5) is 0 Å². The normalized spacial score (nSPS) is 10.3. The van der Waals surface area contributed by atoms with E-state index in [-0.39, 0.29) is 5.56 Å². The molecule has 2 aromatic rings. The van der Waals surface area contributed by atoms with E-state index in [0.29, 0.717) is 12.4 Å². The molecular weight excluding hydrogens is 365 g/mol. The third kappa shape index (κ3) is 3.20. The summed E-state index contributed by atoms with van der Waals surface area (Å²) in [6.07, 6.45) is 1.77. The first-order valence-electron chi connectivity index (χ1n) is 5.13. The lowest BCUT2D eigenvalue weighted by atomic mass is 10.2. The van der Waals surface area contributed by atoms with Crippen LogP contribution >= 0.6 is 33.9 Å². The Bertz CT molecular complexity index is 582. The van der Waals surface area contributed by atoms with Gasteiger partial charge in [0.15, 0.2) is 0 Å². The summed E-state index contributed by atoms with van der Waals surface area (Å²) in [5.74, 6) is -0.369. The van der Waals surface area contributed by atoms with Crippen LogP contribution in [0.1, 0.15) is 20.2 Å². The number of carboxylic acids is 1. The van der Waals surface area contributed by atoms with Crippen molar-refractivity contribution in [3.05, 3.63) is 43.4 Å². The van der Waals surface area contributed by atoms with E-state index in [2.05, 4.69) is 27.6 Å². The van der Waals surface area contributed by atoms with Crippen LogP contribution in [0.2, 0.25) is 0 Å². The van der Waals surface area contributed by atoms with Gasteiger partial charge < -0.3 is 9.84 Å². The molecule has 2 rings (SSSR count). The number of halogens is 1. The first-order chi connectivity index (χ1) is 8.56. The predicted octanol–water partition coefficient (Wildman–Crippen LogP) is 3.33. The van der Waals surface area contributed by atoms with Gasteiger partial charge in [-0.2, -0.15) is 0 Å². The second kappa shape index (κ2) is 5.66. The Hall–Kier alpha value is -1.15. The Morgan fingerprint density at radius 1 is 1.56 bits per heavy atom. The molecule has 6 heteroatoms. The zero-order valence-corrected chi connectivity index (χ0v) is 12.5. The fraction of sp³-hybridized carbons (Fsp3) is 0.167. The summed E-state index contributed by atoms with van der Waals surface area (Å²) in [6.45, 7) is 2.34. The molecule has 0 atom stereocenters. The highest BCUT2D eigenvalue weighted by Gasteiger charge is 2.08. The second-order valence-electron chi connectivity index (χ2n) is 3.58. The molecule has 0 fully saturated rings. The highest BCUT2D eigenvalue weighted by atomic mass is 127. The third-order valence-corrected chi connectivity index (χ3v) is 3.99. The molecule has 4 nitrogen and oxygen atoms in total. The van der Waals surface area contributed by atoms with Crippen molar-refractivity contribution in [2.45, 2.75) is 13.5 Å². The Balaban J connectivity index is 2.13. The molecule has 0 radical (unpaired) electrons. The van der Waals surface area contributed by atoms with Crippen molar-refractivity contribution in [3.63, 3.8) is 0 Å². The molecule has 1 heterocycles. The van der Waals surface area contributed by atoms with Crippen LogP contribution < -0.4 is 4.74 Å². The maximum Gasteiger partial charge on any atom is 0.335 e. The number of aromatic nitrogens is 1. The summed E-state index contributed by atoms with van der Waals surface area (Å²) >= 11 is 3.69. The molecule has 1 aromatic carbocycles. The monoisotopic (exact) mass is 375 g/mol. The number of nitrogens with zero attached hydrogens (tertiary/aromatic N) is 1. The molecule has 1 N–H and O–H groups in total. The quantitative estimate of drug-likeness (QED) is 0.833. The fourth-order valence-corrected chi connectivity index (χ4v) is 2.57. The fourth-order valence-electron chi connectivity index (χ4n) is 1.37. The molecule has 94 valence electrons. The summed E-state index contributed by atoms with van der Waals surface area (Å²) in [7, 11) is 0. The molecule has 0 bridgehead atoms. The first-order valence-corrected chi connectivity index (χ1v) is 7.03. The van der Waals surface area contributed by atoms with E-state index in [0.717, 1.165) is 13.5 Å². The van der Waals surface area contributed by atoms with E-state index in [1.807, 2.05) is 6.92 Å². The average Bonchev–Trinajstić information content (AvgIpc) is 2.74. The van der Waals surface area contributed by atoms with Gasteiger partial charge in [-0.25, -0.2) is 9.78 Å². The molecule has 0 aliphatic rings. The van der Waals surface area contributed by atoms with Gasteiger partial charge in [-0.15, -0.1) is 11.3 Å². The third-order valence-electron chi connectivity index (χ3n) is 2.22. The lowest BCUT2D eigenvalue weighted by molar-refractivity contribution is 0.0696. The van der Waals surface area contributed by atoms with E-state index in [4.69, 9.17) is 9.84 Å². The van der Waals surface area contributed by atoms with Crippen LogP contribution in [0.5, 0.6) is 5.75 Å². The number of benzene rings is 1. The van der Waals surface area contributed by atoms with Gasteiger partial charge in [0.05, 0.1) is 19.0 Å². The Morgan fingerprint density at radius 2 is 2.33 bits per heavy atom. The largest absolute Gasteiger partial charge is 0.487 e. The minimum atomic E-state index is -0.954. The smallest absolute Gasteiger partial charge is 0.335 e. The van der Waals surface area contributed by atoms with Crippen LogP contribution in [-0.2, 0) is 6.61 Å². The summed E-state index contributed by atoms with van der Waals surface area (Å²) in [5, 5.41) is 9.91. The number of rotatable bonds is 4. The first kappa shape index (κ1) is 13.3. The molecule has 0 saturated carbocycles. The summed E-state index contributed by atoms with van der Waals surface area (Å²) < 4.78 is 6.51. The molecule has 0 aliphatic heterocycles. The number of hydrogen-bond acceptors (Lipinski definition) is 4. The maximum absolute atomic E-state index is 10.9. The van der Waals surface area contributed by atoms with E-state index < -0.39 is 5.97 Å². The van der Waals surface area contributed by atoms with E-state index in [9.17, 15) is 4.79 Å². The molecule has 0 amide bonds. The Morgan fingerprint density at radius 3 is 2.94 bits per heavy atom. The van der Waals surface area contributed by atoms with Crippen molar-refractivity contribution < 1.29 is 14.6 Å². The zero-order chi connectivity index (χ0) is 13.1. The van der Waals surface area contributed by atoms with Crippen LogP contribution in [0.15, 0.2) is 24.4 Å². The van der Waals surface area contributed by atoms with Crippen molar-refractivity contribution in [3.8, 4) is 5.75 Å². The molecule has 1 aromatic heterocycles. The minimum absolute atomic E-state index is 0.228. The van der Waals surface area contributed by atoms with Crippen molar-refractivity contribution in [2.75, 3.05) is 0 Å². The van der Waals surface area contributed by atoms with Gasteiger partial charge in [0.2, 0.25) is 0 Å². The van der Waals surface area contributed by atoms with Crippen LogP contribution in [-0.4, -0.2) is 16.1 Å².